The third kappa shape index (κ3) is 5.41. The molecule has 0 saturated carbocycles. The van der Waals surface area contributed by atoms with Gasteiger partial charge in [-0.2, -0.15) is 5.10 Å². The van der Waals surface area contributed by atoms with Crippen LogP contribution < -0.4 is 15.0 Å². The van der Waals surface area contributed by atoms with Crippen molar-refractivity contribution in [2.24, 2.45) is 0 Å². The summed E-state index contributed by atoms with van der Waals surface area (Å²) >= 11 is 1.50. The summed E-state index contributed by atoms with van der Waals surface area (Å²) in [6, 6.07) is 19.1. The standard InChI is InChI=1S/C24H24N4O4S2/c1-3-32-19-9-11-20(12-10-19)34(30,31)25-15-16-28-22(29)14-13-21(27-28)23-17(2)26-24(33-23)18-7-5-4-6-8-18/h4-14,25H,3,15-16H2,1-2H3. The van der Waals surface area contributed by atoms with Crippen LogP contribution in [0.15, 0.2) is 76.4 Å². The summed E-state index contributed by atoms with van der Waals surface area (Å²) in [5.74, 6) is 0.600. The maximum atomic E-state index is 12.6. The summed E-state index contributed by atoms with van der Waals surface area (Å²) in [6.07, 6.45) is 0. The van der Waals surface area contributed by atoms with Crippen molar-refractivity contribution >= 4 is 21.4 Å². The molecule has 0 aliphatic rings. The minimum Gasteiger partial charge on any atom is -0.494 e. The number of aromatic nitrogens is 3. The molecule has 0 spiro atoms. The van der Waals surface area contributed by atoms with Crippen molar-refractivity contribution in [2.75, 3.05) is 13.2 Å². The molecular weight excluding hydrogens is 472 g/mol. The van der Waals surface area contributed by atoms with Crippen LogP contribution >= 0.6 is 11.3 Å². The molecule has 2 aromatic heterocycles. The van der Waals surface area contributed by atoms with Gasteiger partial charge < -0.3 is 4.74 Å². The van der Waals surface area contributed by atoms with Crippen LogP contribution in [0.25, 0.3) is 21.1 Å². The van der Waals surface area contributed by atoms with Gasteiger partial charge in [-0.3, -0.25) is 4.79 Å². The fraction of sp³-hybridized carbons (Fsp3) is 0.208. The molecular formula is C24H24N4O4S2. The van der Waals surface area contributed by atoms with E-state index in [1.165, 1.54) is 34.2 Å². The zero-order valence-corrected chi connectivity index (χ0v) is 20.4. The number of nitrogens with zero attached hydrogens (tertiary/aromatic N) is 3. The molecule has 34 heavy (non-hydrogen) atoms. The number of ether oxygens (including phenoxy) is 1. The van der Waals surface area contributed by atoms with E-state index in [1.807, 2.05) is 44.2 Å². The number of hydrogen-bond acceptors (Lipinski definition) is 7. The lowest BCUT2D eigenvalue weighted by molar-refractivity contribution is 0.340. The summed E-state index contributed by atoms with van der Waals surface area (Å²) in [4.78, 5) is 18.0. The molecule has 4 aromatic rings. The Morgan fingerprint density at radius 3 is 2.47 bits per heavy atom. The second kappa shape index (κ2) is 10.3. The summed E-state index contributed by atoms with van der Waals surface area (Å²) < 4.78 is 34.3. The highest BCUT2D eigenvalue weighted by atomic mass is 32.2. The maximum absolute atomic E-state index is 12.6. The number of rotatable bonds is 9. The van der Waals surface area contributed by atoms with E-state index >= 15 is 0 Å². The Balaban J connectivity index is 1.48. The summed E-state index contributed by atoms with van der Waals surface area (Å²) in [5, 5.41) is 5.33. The minimum absolute atomic E-state index is 0.0167. The smallest absolute Gasteiger partial charge is 0.266 e. The van der Waals surface area contributed by atoms with E-state index < -0.39 is 10.0 Å². The molecule has 2 aromatic carbocycles. The van der Waals surface area contributed by atoms with E-state index in [-0.39, 0.29) is 23.5 Å². The van der Waals surface area contributed by atoms with Gasteiger partial charge in [0.25, 0.3) is 5.56 Å². The van der Waals surface area contributed by atoms with Crippen molar-refractivity contribution in [3.63, 3.8) is 0 Å². The van der Waals surface area contributed by atoms with Crippen LogP contribution in [0.3, 0.4) is 0 Å². The number of aryl methyl sites for hydroxylation is 1. The van der Waals surface area contributed by atoms with E-state index in [4.69, 9.17) is 4.74 Å². The maximum Gasteiger partial charge on any atom is 0.266 e. The van der Waals surface area contributed by atoms with Crippen molar-refractivity contribution in [1.29, 1.82) is 0 Å². The Kier molecular flexibility index (Phi) is 7.20. The topological polar surface area (TPSA) is 103 Å². The van der Waals surface area contributed by atoms with E-state index in [0.29, 0.717) is 18.1 Å². The van der Waals surface area contributed by atoms with Crippen LogP contribution in [0, 0.1) is 6.92 Å². The molecule has 0 atom stereocenters. The molecule has 8 nitrogen and oxygen atoms in total. The molecule has 0 saturated heterocycles. The second-order valence-electron chi connectivity index (χ2n) is 7.38. The fourth-order valence-corrected chi connectivity index (χ4v) is 5.38. The zero-order valence-electron chi connectivity index (χ0n) is 18.8. The third-order valence-electron chi connectivity index (χ3n) is 4.98. The average Bonchev–Trinajstić information content (AvgIpc) is 3.23. The first-order valence-electron chi connectivity index (χ1n) is 10.7. The molecule has 0 bridgehead atoms. The molecule has 4 rings (SSSR count). The van der Waals surface area contributed by atoms with Crippen molar-refractivity contribution < 1.29 is 13.2 Å². The molecule has 0 aliphatic heterocycles. The molecule has 0 unspecified atom stereocenters. The second-order valence-corrected chi connectivity index (χ2v) is 10.1. The van der Waals surface area contributed by atoms with Crippen LogP contribution in [-0.4, -0.2) is 36.3 Å². The number of sulfonamides is 1. The Morgan fingerprint density at radius 2 is 1.76 bits per heavy atom. The van der Waals surface area contributed by atoms with Crippen LogP contribution in [0.4, 0.5) is 0 Å². The lowest BCUT2D eigenvalue weighted by atomic mass is 10.2. The van der Waals surface area contributed by atoms with E-state index in [2.05, 4.69) is 14.8 Å². The molecule has 0 amide bonds. The van der Waals surface area contributed by atoms with Gasteiger partial charge in [0.05, 0.1) is 28.6 Å². The third-order valence-corrected chi connectivity index (χ3v) is 7.68. The van der Waals surface area contributed by atoms with Gasteiger partial charge >= 0.3 is 0 Å². The summed E-state index contributed by atoms with van der Waals surface area (Å²) in [5.41, 5.74) is 2.14. The number of nitrogens with one attached hydrogen (secondary N) is 1. The van der Waals surface area contributed by atoms with Gasteiger partial charge in [-0.25, -0.2) is 22.8 Å². The largest absolute Gasteiger partial charge is 0.494 e. The SMILES string of the molecule is CCOc1ccc(S(=O)(=O)NCCn2nc(-c3sc(-c4ccccc4)nc3C)ccc2=O)cc1. The normalized spacial score (nSPS) is 11.5. The summed E-state index contributed by atoms with van der Waals surface area (Å²) in [7, 11) is -3.73. The van der Waals surface area contributed by atoms with Crippen molar-refractivity contribution in [2.45, 2.75) is 25.3 Å². The lowest BCUT2D eigenvalue weighted by Gasteiger charge is -2.09. The molecule has 0 aliphatic carbocycles. The first kappa shape index (κ1) is 23.8. The van der Waals surface area contributed by atoms with E-state index in [0.717, 1.165) is 21.1 Å². The van der Waals surface area contributed by atoms with Crippen molar-refractivity contribution in [1.82, 2.24) is 19.5 Å². The van der Waals surface area contributed by atoms with Crippen molar-refractivity contribution in [3.8, 4) is 26.9 Å². The predicted octanol–water partition coefficient (Wildman–Crippen LogP) is 3.72. The molecule has 1 N–H and O–H groups in total. The summed E-state index contributed by atoms with van der Waals surface area (Å²) in [6.45, 7) is 4.37. The quantitative estimate of drug-likeness (QED) is 0.379. The molecule has 10 heteroatoms. The van der Waals surface area contributed by atoms with Crippen LogP contribution in [0.5, 0.6) is 5.75 Å². The van der Waals surface area contributed by atoms with Crippen LogP contribution in [0.2, 0.25) is 0 Å². The predicted molar refractivity (Wildman–Crippen MR) is 133 cm³/mol. The molecule has 176 valence electrons. The van der Waals surface area contributed by atoms with Gasteiger partial charge in [0.15, 0.2) is 0 Å². The van der Waals surface area contributed by atoms with E-state index in [1.54, 1.807) is 18.2 Å². The van der Waals surface area contributed by atoms with Gasteiger partial charge in [0.2, 0.25) is 10.0 Å². The van der Waals surface area contributed by atoms with Gasteiger partial charge in [-0.1, -0.05) is 30.3 Å². The lowest BCUT2D eigenvalue weighted by Crippen LogP contribution is -2.32. The highest BCUT2D eigenvalue weighted by Crippen LogP contribution is 2.33. The minimum atomic E-state index is -3.73. The Hall–Kier alpha value is -3.34. The van der Waals surface area contributed by atoms with Gasteiger partial charge in [0, 0.05) is 18.2 Å². The Bertz CT molecular complexity index is 1430. The number of thiazole rings is 1. The Labute approximate surface area is 201 Å². The monoisotopic (exact) mass is 496 g/mol. The van der Waals surface area contributed by atoms with Crippen LogP contribution in [-0.2, 0) is 16.6 Å². The highest BCUT2D eigenvalue weighted by Gasteiger charge is 2.16. The van der Waals surface area contributed by atoms with Gasteiger partial charge in [-0.05, 0) is 44.2 Å². The van der Waals surface area contributed by atoms with Crippen molar-refractivity contribution in [3.05, 3.63) is 82.8 Å². The first-order chi connectivity index (χ1) is 16.4. The molecule has 0 radical (unpaired) electrons. The molecule has 2 heterocycles. The fourth-order valence-electron chi connectivity index (χ4n) is 3.32. The molecule has 0 fully saturated rings. The number of benzene rings is 2. The first-order valence-corrected chi connectivity index (χ1v) is 13.0. The van der Waals surface area contributed by atoms with Crippen LogP contribution in [0.1, 0.15) is 12.6 Å². The van der Waals surface area contributed by atoms with Gasteiger partial charge in [0.1, 0.15) is 16.5 Å². The average molecular weight is 497 g/mol. The zero-order chi connectivity index (χ0) is 24.1. The highest BCUT2D eigenvalue weighted by molar-refractivity contribution is 7.89. The number of hydrogen-bond donors (Lipinski definition) is 1. The van der Waals surface area contributed by atoms with E-state index in [9.17, 15) is 13.2 Å². The Morgan fingerprint density at radius 1 is 1.03 bits per heavy atom. The van der Waals surface area contributed by atoms with Gasteiger partial charge in [-0.15, -0.1) is 11.3 Å².